The third-order valence-electron chi connectivity index (χ3n) is 4.52. The van der Waals surface area contributed by atoms with Gasteiger partial charge in [0.2, 0.25) is 0 Å². The minimum Gasteiger partial charge on any atom is -0.466 e. The van der Waals surface area contributed by atoms with Crippen LogP contribution in [0.4, 0.5) is 13.2 Å². The zero-order valence-electron chi connectivity index (χ0n) is 13.3. The van der Waals surface area contributed by atoms with Gasteiger partial charge in [0.05, 0.1) is 17.7 Å². The van der Waals surface area contributed by atoms with Gasteiger partial charge < -0.3 is 9.84 Å². The maximum atomic E-state index is 13.2. The number of aliphatic hydroxyl groups is 1. The SMILES string of the molecule is COC(=O)C1=CCC(CO)CC1(C)c1ccc(Cl)c(C(F)(F)F)c1. The van der Waals surface area contributed by atoms with Crippen molar-refractivity contribution in [3.8, 4) is 0 Å². The summed E-state index contributed by atoms with van der Waals surface area (Å²) in [7, 11) is 1.23. The first-order chi connectivity index (χ1) is 11.1. The predicted molar refractivity (Wildman–Crippen MR) is 83.7 cm³/mol. The van der Waals surface area contributed by atoms with Crippen LogP contribution in [0.15, 0.2) is 29.8 Å². The average molecular weight is 363 g/mol. The van der Waals surface area contributed by atoms with Crippen molar-refractivity contribution >= 4 is 17.6 Å². The van der Waals surface area contributed by atoms with E-state index < -0.39 is 28.1 Å². The van der Waals surface area contributed by atoms with E-state index in [2.05, 4.69) is 0 Å². The van der Waals surface area contributed by atoms with Gasteiger partial charge in [-0.25, -0.2) is 4.79 Å². The lowest BCUT2D eigenvalue weighted by Crippen LogP contribution is -2.36. The van der Waals surface area contributed by atoms with Crippen molar-refractivity contribution in [1.29, 1.82) is 0 Å². The first-order valence-corrected chi connectivity index (χ1v) is 7.78. The largest absolute Gasteiger partial charge is 0.466 e. The van der Waals surface area contributed by atoms with Gasteiger partial charge in [-0.05, 0) is 36.5 Å². The van der Waals surface area contributed by atoms with Crippen molar-refractivity contribution in [3.63, 3.8) is 0 Å². The van der Waals surface area contributed by atoms with E-state index >= 15 is 0 Å². The zero-order valence-corrected chi connectivity index (χ0v) is 14.0. The van der Waals surface area contributed by atoms with Crippen molar-refractivity contribution in [2.75, 3.05) is 13.7 Å². The van der Waals surface area contributed by atoms with Crippen LogP contribution in [0.3, 0.4) is 0 Å². The first kappa shape index (κ1) is 18.8. The van der Waals surface area contributed by atoms with Crippen LogP contribution in [0, 0.1) is 5.92 Å². The van der Waals surface area contributed by atoms with Gasteiger partial charge in [-0.15, -0.1) is 0 Å². The van der Waals surface area contributed by atoms with E-state index in [1.807, 2.05) is 0 Å². The van der Waals surface area contributed by atoms with Crippen LogP contribution in [-0.2, 0) is 21.1 Å². The molecule has 0 aromatic heterocycles. The van der Waals surface area contributed by atoms with Crippen LogP contribution in [0.5, 0.6) is 0 Å². The minimum atomic E-state index is -4.59. The second kappa shape index (κ2) is 6.76. The Labute approximate surface area is 143 Å². The summed E-state index contributed by atoms with van der Waals surface area (Å²) in [5.41, 5.74) is -1.33. The Morgan fingerprint density at radius 3 is 2.67 bits per heavy atom. The molecule has 0 saturated heterocycles. The molecule has 2 rings (SSSR count). The molecule has 0 fully saturated rings. The maximum Gasteiger partial charge on any atom is 0.417 e. The van der Waals surface area contributed by atoms with Crippen molar-refractivity contribution in [2.24, 2.45) is 5.92 Å². The molecule has 1 aliphatic carbocycles. The second-order valence-corrected chi connectivity index (χ2v) is 6.53. The molecule has 1 aromatic rings. The van der Waals surface area contributed by atoms with Gasteiger partial charge in [-0.1, -0.05) is 30.7 Å². The maximum absolute atomic E-state index is 13.2. The summed E-state index contributed by atoms with van der Waals surface area (Å²) >= 11 is 5.68. The number of aliphatic hydroxyl groups excluding tert-OH is 1. The Kier molecular flexibility index (Phi) is 5.30. The van der Waals surface area contributed by atoms with Crippen molar-refractivity contribution in [2.45, 2.75) is 31.4 Å². The molecule has 132 valence electrons. The minimum absolute atomic E-state index is 0.111. The molecule has 1 aliphatic rings. The van der Waals surface area contributed by atoms with Crippen LogP contribution in [0.2, 0.25) is 5.02 Å². The van der Waals surface area contributed by atoms with Gasteiger partial charge in [0.25, 0.3) is 0 Å². The topological polar surface area (TPSA) is 46.5 Å². The number of esters is 1. The average Bonchev–Trinajstić information content (AvgIpc) is 2.53. The fourth-order valence-electron chi connectivity index (χ4n) is 3.20. The number of allylic oxidation sites excluding steroid dienone is 1. The third kappa shape index (κ3) is 3.44. The molecular formula is C17H18ClF3O3. The van der Waals surface area contributed by atoms with Crippen LogP contribution in [-0.4, -0.2) is 24.8 Å². The zero-order chi connectivity index (χ0) is 18.1. The van der Waals surface area contributed by atoms with E-state index in [4.69, 9.17) is 16.3 Å². The fourth-order valence-corrected chi connectivity index (χ4v) is 3.42. The monoisotopic (exact) mass is 362 g/mol. The quantitative estimate of drug-likeness (QED) is 0.823. The number of ether oxygens (including phenoxy) is 1. The highest BCUT2D eigenvalue weighted by atomic mass is 35.5. The van der Waals surface area contributed by atoms with Crippen molar-refractivity contribution in [1.82, 2.24) is 0 Å². The van der Waals surface area contributed by atoms with Gasteiger partial charge in [-0.2, -0.15) is 13.2 Å². The van der Waals surface area contributed by atoms with Crippen molar-refractivity contribution in [3.05, 3.63) is 46.0 Å². The Hall–Kier alpha value is -1.53. The van der Waals surface area contributed by atoms with Gasteiger partial charge in [0.1, 0.15) is 0 Å². The number of benzene rings is 1. The molecule has 24 heavy (non-hydrogen) atoms. The molecule has 0 bridgehead atoms. The van der Waals surface area contributed by atoms with Crippen molar-refractivity contribution < 1.29 is 27.8 Å². The second-order valence-electron chi connectivity index (χ2n) is 6.12. The molecule has 0 heterocycles. The molecule has 0 spiro atoms. The molecule has 0 amide bonds. The number of carbonyl (C=O) groups is 1. The highest BCUT2D eigenvalue weighted by Crippen LogP contribution is 2.45. The lowest BCUT2D eigenvalue weighted by Gasteiger charge is -2.38. The molecule has 0 saturated carbocycles. The molecule has 1 N–H and O–H groups in total. The normalized spacial score (nSPS) is 24.5. The number of carbonyl (C=O) groups excluding carboxylic acids is 1. The summed E-state index contributed by atoms with van der Waals surface area (Å²) in [6.45, 7) is 1.57. The highest BCUT2D eigenvalue weighted by Gasteiger charge is 2.42. The van der Waals surface area contributed by atoms with E-state index in [9.17, 15) is 23.1 Å². The molecule has 2 atom stereocenters. The molecule has 3 nitrogen and oxygen atoms in total. The van der Waals surface area contributed by atoms with E-state index in [1.165, 1.54) is 19.2 Å². The van der Waals surface area contributed by atoms with E-state index in [0.29, 0.717) is 24.0 Å². The molecule has 1 aromatic carbocycles. The van der Waals surface area contributed by atoms with Crippen LogP contribution >= 0.6 is 11.6 Å². The Balaban J connectivity index is 2.59. The number of halogens is 4. The number of rotatable bonds is 3. The number of hydrogen-bond acceptors (Lipinski definition) is 3. The smallest absolute Gasteiger partial charge is 0.417 e. The van der Waals surface area contributed by atoms with Gasteiger partial charge in [0.15, 0.2) is 0 Å². The van der Waals surface area contributed by atoms with Crippen LogP contribution < -0.4 is 0 Å². The summed E-state index contributed by atoms with van der Waals surface area (Å²) in [5, 5.41) is 9.04. The lowest BCUT2D eigenvalue weighted by molar-refractivity contribution is -0.137. The molecule has 7 heteroatoms. The summed E-state index contributed by atoms with van der Waals surface area (Å²) in [6, 6.07) is 3.63. The fraction of sp³-hybridized carbons (Fsp3) is 0.471. The van der Waals surface area contributed by atoms with E-state index in [-0.39, 0.29) is 12.5 Å². The summed E-state index contributed by atoms with van der Waals surface area (Å²) in [4.78, 5) is 12.1. The highest BCUT2D eigenvalue weighted by molar-refractivity contribution is 6.31. The summed E-state index contributed by atoms with van der Waals surface area (Å²) < 4.78 is 44.2. The van der Waals surface area contributed by atoms with E-state index in [1.54, 1.807) is 13.0 Å². The Morgan fingerprint density at radius 1 is 1.46 bits per heavy atom. The molecule has 0 radical (unpaired) electrons. The third-order valence-corrected chi connectivity index (χ3v) is 4.85. The van der Waals surface area contributed by atoms with E-state index in [0.717, 1.165) is 6.07 Å². The molecular weight excluding hydrogens is 345 g/mol. The number of methoxy groups -OCH3 is 1. The Bertz CT molecular complexity index is 670. The Morgan fingerprint density at radius 2 is 2.12 bits per heavy atom. The van der Waals surface area contributed by atoms with Crippen LogP contribution in [0.1, 0.15) is 30.9 Å². The summed E-state index contributed by atoms with van der Waals surface area (Å²) in [6.07, 6.45) is -2.15. The van der Waals surface area contributed by atoms with Gasteiger partial charge in [0, 0.05) is 17.6 Å². The summed E-state index contributed by atoms with van der Waals surface area (Å²) in [5.74, 6) is -0.731. The molecule has 0 aliphatic heterocycles. The number of alkyl halides is 3. The van der Waals surface area contributed by atoms with Crippen LogP contribution in [0.25, 0.3) is 0 Å². The number of hydrogen-bond donors (Lipinski definition) is 1. The molecule has 2 unspecified atom stereocenters. The standard InChI is InChI=1S/C17H18ClF3O3/c1-16(8-10(9-22)3-5-12(16)15(23)24-2)11-4-6-14(18)13(7-11)17(19,20)21/h4-7,10,22H,3,8-9H2,1-2H3. The predicted octanol–water partition coefficient (Wildman–Crippen LogP) is 4.12. The van der Waals surface area contributed by atoms with Gasteiger partial charge >= 0.3 is 12.1 Å². The first-order valence-electron chi connectivity index (χ1n) is 7.40. The van der Waals surface area contributed by atoms with Gasteiger partial charge in [-0.3, -0.25) is 0 Å². The lowest BCUT2D eigenvalue weighted by atomic mass is 9.66.